The van der Waals surface area contributed by atoms with Gasteiger partial charge in [0.2, 0.25) is 5.95 Å². The number of pyridine rings is 1. The zero-order valence-corrected chi connectivity index (χ0v) is 18.2. The number of nitrogens with zero attached hydrogens (tertiary/aromatic N) is 7. The second-order valence-corrected chi connectivity index (χ2v) is 8.46. The van der Waals surface area contributed by atoms with E-state index in [0.717, 1.165) is 5.69 Å². The van der Waals surface area contributed by atoms with E-state index in [1.54, 1.807) is 48.5 Å². The van der Waals surface area contributed by atoms with Crippen LogP contribution < -0.4 is 5.32 Å². The number of thiazole rings is 1. The van der Waals surface area contributed by atoms with Crippen LogP contribution in [-0.2, 0) is 17.4 Å². The van der Waals surface area contributed by atoms with Crippen molar-refractivity contribution >= 4 is 28.9 Å². The Kier molecular flexibility index (Phi) is 4.91. The van der Waals surface area contributed by atoms with Crippen LogP contribution in [0.1, 0.15) is 12.0 Å². The number of anilines is 2. The summed E-state index contributed by atoms with van der Waals surface area (Å²) in [5.74, 6) is 0.140. The summed E-state index contributed by atoms with van der Waals surface area (Å²) in [4.78, 5) is 31.8. The maximum Gasteiger partial charge on any atom is 0.258 e. The minimum Gasteiger partial charge on any atom is -0.375 e. The predicted molar refractivity (Wildman–Crippen MR) is 119 cm³/mol. The van der Waals surface area contributed by atoms with Gasteiger partial charge in [-0.1, -0.05) is 0 Å². The molecule has 2 N–H and O–H groups in total. The van der Waals surface area contributed by atoms with Gasteiger partial charge in [0.15, 0.2) is 5.60 Å². The number of likely N-dealkylation sites (tertiary alicyclic amines) is 1. The molecule has 1 amide bonds. The first kappa shape index (κ1) is 20.2. The topological polar surface area (TPSA) is 122 Å². The molecule has 1 aliphatic heterocycles. The number of hydrogen-bond donors (Lipinski definition) is 2. The molecule has 5 heterocycles. The van der Waals surface area contributed by atoms with Crippen molar-refractivity contribution in [1.29, 1.82) is 0 Å². The molecule has 4 aromatic heterocycles. The van der Waals surface area contributed by atoms with Gasteiger partial charge < -0.3 is 15.3 Å². The molecule has 1 fully saturated rings. The third kappa shape index (κ3) is 3.61. The summed E-state index contributed by atoms with van der Waals surface area (Å²) in [7, 11) is 3.52. The minimum absolute atomic E-state index is 0.303. The molecule has 4 aromatic rings. The van der Waals surface area contributed by atoms with Crippen LogP contribution in [0.2, 0.25) is 0 Å². The van der Waals surface area contributed by atoms with Crippen LogP contribution in [-0.4, -0.2) is 59.2 Å². The minimum atomic E-state index is -1.52. The Morgan fingerprint density at radius 1 is 1.12 bits per heavy atom. The van der Waals surface area contributed by atoms with Gasteiger partial charge in [-0.15, -0.1) is 11.3 Å². The zero-order chi connectivity index (χ0) is 22.3. The van der Waals surface area contributed by atoms with Crippen molar-refractivity contribution < 1.29 is 9.90 Å². The number of carbonyl (C=O) groups excluding carboxylic acids is 1. The molecule has 0 aliphatic carbocycles. The Hall–Kier alpha value is -3.70. The molecule has 1 atom stereocenters. The molecule has 0 aromatic carbocycles. The molecule has 162 valence electrons. The third-order valence-corrected chi connectivity index (χ3v) is 6.21. The molecule has 1 aliphatic rings. The molecule has 11 heteroatoms. The van der Waals surface area contributed by atoms with Crippen LogP contribution >= 0.6 is 11.3 Å². The molecule has 1 unspecified atom stereocenters. The van der Waals surface area contributed by atoms with E-state index in [1.807, 2.05) is 18.6 Å². The molecule has 0 spiro atoms. The van der Waals surface area contributed by atoms with Crippen LogP contribution in [0, 0.1) is 0 Å². The Labute approximate surface area is 187 Å². The summed E-state index contributed by atoms with van der Waals surface area (Å²) >= 11 is 1.43. The number of aromatic nitrogens is 6. The first-order valence-electron chi connectivity index (χ1n) is 9.92. The fraction of sp³-hybridized carbons (Fsp3) is 0.238. The normalized spacial score (nSPS) is 18.3. The average molecular weight is 449 g/mol. The van der Waals surface area contributed by atoms with Crippen LogP contribution in [0.5, 0.6) is 0 Å². The average Bonchev–Trinajstić information content (AvgIpc) is 3.52. The number of carbonyl (C=O) groups is 1. The standard InChI is InChI=1S/C21H20N8O2S/c1-28-8-5-21(31,19(28)30)13-3-6-22-16(9-13)17-12-32-18(26-17)15-4-7-23-20(27-15)25-14-10-24-29(2)11-14/h3-4,6-7,9-12,31H,5,8H2,1-2H3,(H,23,25,27). The van der Waals surface area contributed by atoms with E-state index in [0.29, 0.717) is 46.6 Å². The lowest BCUT2D eigenvalue weighted by molar-refractivity contribution is -0.143. The van der Waals surface area contributed by atoms with Gasteiger partial charge in [0, 0.05) is 51.0 Å². The third-order valence-electron chi connectivity index (χ3n) is 5.35. The lowest BCUT2D eigenvalue weighted by Gasteiger charge is -2.21. The molecule has 1 saturated heterocycles. The largest absolute Gasteiger partial charge is 0.375 e. The Bertz CT molecular complexity index is 1300. The molecule has 0 saturated carbocycles. The first-order chi connectivity index (χ1) is 15.4. The quantitative estimate of drug-likeness (QED) is 0.476. The van der Waals surface area contributed by atoms with Crippen molar-refractivity contribution in [3.63, 3.8) is 0 Å². The predicted octanol–water partition coefficient (Wildman–Crippen LogP) is 2.19. The number of aliphatic hydroxyl groups is 1. The zero-order valence-electron chi connectivity index (χ0n) is 17.4. The monoisotopic (exact) mass is 448 g/mol. The molecular weight excluding hydrogens is 428 g/mol. The number of amides is 1. The SMILES string of the molecule is CN1CCC(O)(c2ccnc(-c3csc(-c4ccnc(Nc5cnn(C)c5)n4)n3)c2)C1=O. The molecule has 32 heavy (non-hydrogen) atoms. The van der Waals surface area contributed by atoms with Gasteiger partial charge in [-0.3, -0.25) is 14.5 Å². The van der Waals surface area contributed by atoms with Crippen molar-refractivity contribution in [2.24, 2.45) is 7.05 Å². The van der Waals surface area contributed by atoms with E-state index in [1.165, 1.54) is 16.2 Å². The van der Waals surface area contributed by atoms with Crippen molar-refractivity contribution in [3.05, 3.63) is 53.9 Å². The number of likely N-dealkylation sites (N-methyl/N-ethyl adjacent to an activating group) is 1. The molecule has 10 nitrogen and oxygen atoms in total. The number of nitrogens with one attached hydrogen (secondary N) is 1. The molecule has 0 bridgehead atoms. The highest BCUT2D eigenvalue weighted by molar-refractivity contribution is 7.13. The van der Waals surface area contributed by atoms with E-state index < -0.39 is 5.60 Å². The van der Waals surface area contributed by atoms with Crippen molar-refractivity contribution in [2.75, 3.05) is 18.9 Å². The highest BCUT2D eigenvalue weighted by Gasteiger charge is 2.45. The number of hydrogen-bond acceptors (Lipinski definition) is 9. The van der Waals surface area contributed by atoms with Gasteiger partial charge in [-0.05, 0) is 23.8 Å². The summed E-state index contributed by atoms with van der Waals surface area (Å²) < 4.78 is 1.69. The van der Waals surface area contributed by atoms with Gasteiger partial charge in [0.1, 0.15) is 16.4 Å². The van der Waals surface area contributed by atoms with Gasteiger partial charge >= 0.3 is 0 Å². The number of aryl methyl sites for hydroxylation is 1. The number of rotatable bonds is 5. The first-order valence-corrected chi connectivity index (χ1v) is 10.8. The van der Waals surface area contributed by atoms with Crippen molar-refractivity contribution in [3.8, 4) is 22.1 Å². The smallest absolute Gasteiger partial charge is 0.258 e. The van der Waals surface area contributed by atoms with Gasteiger partial charge in [0.05, 0.1) is 17.6 Å². The van der Waals surface area contributed by atoms with E-state index in [4.69, 9.17) is 0 Å². The van der Waals surface area contributed by atoms with Crippen LogP contribution in [0.25, 0.3) is 22.1 Å². The maximum atomic E-state index is 12.4. The summed E-state index contributed by atoms with van der Waals surface area (Å²) in [6.07, 6.45) is 7.13. The Balaban J connectivity index is 1.41. The van der Waals surface area contributed by atoms with E-state index in [9.17, 15) is 9.90 Å². The lowest BCUT2D eigenvalue weighted by Crippen LogP contribution is -2.36. The summed E-state index contributed by atoms with van der Waals surface area (Å²) in [6, 6.07) is 5.19. The van der Waals surface area contributed by atoms with Crippen LogP contribution in [0.4, 0.5) is 11.6 Å². The Morgan fingerprint density at radius 2 is 1.97 bits per heavy atom. The van der Waals surface area contributed by atoms with Gasteiger partial charge in [-0.25, -0.2) is 15.0 Å². The second kappa shape index (κ2) is 7.77. The molecular formula is C21H20N8O2S. The molecule has 5 rings (SSSR count). The fourth-order valence-electron chi connectivity index (χ4n) is 3.61. The van der Waals surface area contributed by atoms with Crippen LogP contribution in [0.3, 0.4) is 0 Å². The van der Waals surface area contributed by atoms with E-state index >= 15 is 0 Å². The van der Waals surface area contributed by atoms with E-state index in [-0.39, 0.29) is 5.91 Å². The summed E-state index contributed by atoms with van der Waals surface area (Å²) in [6.45, 7) is 0.511. The summed E-state index contributed by atoms with van der Waals surface area (Å²) in [5, 5.41) is 20.8. The highest BCUT2D eigenvalue weighted by Crippen LogP contribution is 2.34. The fourth-order valence-corrected chi connectivity index (χ4v) is 4.39. The van der Waals surface area contributed by atoms with Gasteiger partial charge in [-0.2, -0.15) is 5.10 Å². The lowest BCUT2D eigenvalue weighted by atomic mass is 9.92. The summed E-state index contributed by atoms with van der Waals surface area (Å²) in [5.41, 5.74) is 1.69. The maximum absolute atomic E-state index is 12.4. The van der Waals surface area contributed by atoms with E-state index in [2.05, 4.69) is 30.4 Å². The Morgan fingerprint density at radius 3 is 2.72 bits per heavy atom. The van der Waals surface area contributed by atoms with Crippen molar-refractivity contribution in [1.82, 2.24) is 34.6 Å². The van der Waals surface area contributed by atoms with Crippen LogP contribution in [0.15, 0.2) is 48.4 Å². The second-order valence-electron chi connectivity index (χ2n) is 7.60. The molecule has 0 radical (unpaired) electrons. The van der Waals surface area contributed by atoms with Crippen molar-refractivity contribution in [2.45, 2.75) is 12.0 Å². The highest BCUT2D eigenvalue weighted by atomic mass is 32.1. The van der Waals surface area contributed by atoms with Gasteiger partial charge in [0.25, 0.3) is 5.91 Å².